The zero-order valence-corrected chi connectivity index (χ0v) is 9.22. The summed E-state index contributed by atoms with van der Waals surface area (Å²) >= 11 is 6.74. The molecule has 0 bridgehead atoms. The summed E-state index contributed by atoms with van der Waals surface area (Å²) in [5.74, 6) is 0. The van der Waals surface area contributed by atoms with E-state index in [9.17, 15) is 0 Å². The number of thiazole rings is 1. The molecule has 0 spiro atoms. The molecule has 1 aromatic rings. The van der Waals surface area contributed by atoms with Crippen LogP contribution in [0.15, 0.2) is 6.20 Å². The van der Waals surface area contributed by atoms with E-state index < -0.39 is 0 Å². The van der Waals surface area contributed by atoms with Gasteiger partial charge in [-0.2, -0.15) is 0 Å². The fraction of sp³-hybridized carbons (Fsp3) is 0.667. The maximum Gasteiger partial charge on any atom is 0.158 e. The smallest absolute Gasteiger partial charge is 0.158 e. The Hall–Kier alpha value is -0.190. The van der Waals surface area contributed by atoms with Gasteiger partial charge in [0.1, 0.15) is 0 Å². The summed E-state index contributed by atoms with van der Waals surface area (Å²) in [6, 6.07) is 0. The molecule has 2 nitrogen and oxygen atoms in total. The van der Waals surface area contributed by atoms with E-state index >= 15 is 0 Å². The van der Waals surface area contributed by atoms with Crippen LogP contribution < -0.4 is 0 Å². The first-order valence-electron chi connectivity index (χ1n) is 4.74. The molecule has 1 aliphatic heterocycles. The van der Waals surface area contributed by atoms with E-state index in [1.165, 1.54) is 37.2 Å². The molecule has 2 heterocycles. The fourth-order valence-corrected chi connectivity index (χ4v) is 2.83. The van der Waals surface area contributed by atoms with E-state index in [2.05, 4.69) is 9.88 Å². The van der Waals surface area contributed by atoms with Crippen molar-refractivity contribution in [3.63, 3.8) is 0 Å². The summed E-state index contributed by atoms with van der Waals surface area (Å²) in [5.41, 5.74) is 0. The van der Waals surface area contributed by atoms with E-state index in [4.69, 9.17) is 12.2 Å². The molecule has 1 aromatic heterocycles. The maximum absolute atomic E-state index is 5.05. The third kappa shape index (κ3) is 2.62. The lowest BCUT2D eigenvalue weighted by Crippen LogP contribution is -2.28. The van der Waals surface area contributed by atoms with Gasteiger partial charge in [0.05, 0.1) is 0 Å². The number of nitrogens with one attached hydrogen (secondary N) is 1. The predicted molar refractivity (Wildman–Crippen MR) is 58.6 cm³/mol. The Bertz CT molecular complexity index is 309. The molecule has 0 saturated carbocycles. The molecule has 1 aliphatic rings. The van der Waals surface area contributed by atoms with Gasteiger partial charge in [0, 0.05) is 17.6 Å². The second-order valence-corrected chi connectivity index (χ2v) is 5.28. The largest absolute Gasteiger partial charge is 0.343 e. The van der Waals surface area contributed by atoms with Crippen LogP contribution in [0.2, 0.25) is 0 Å². The quantitative estimate of drug-likeness (QED) is 0.763. The van der Waals surface area contributed by atoms with E-state index in [-0.39, 0.29) is 0 Å². The second-order valence-electron chi connectivity index (χ2n) is 3.48. The predicted octanol–water partition coefficient (Wildman–Crippen LogP) is 2.79. The zero-order valence-electron chi connectivity index (χ0n) is 7.58. The summed E-state index contributed by atoms with van der Waals surface area (Å²) < 4.78 is 0.895. The van der Waals surface area contributed by atoms with Crippen LogP contribution in [0.5, 0.6) is 0 Å². The van der Waals surface area contributed by atoms with Crippen molar-refractivity contribution in [1.29, 1.82) is 0 Å². The number of piperidine rings is 1. The number of aromatic nitrogens is 1. The Kier molecular flexibility index (Phi) is 3.14. The molecule has 1 saturated heterocycles. The number of likely N-dealkylation sites (tertiary alicyclic amines) is 1. The van der Waals surface area contributed by atoms with Gasteiger partial charge in [0.25, 0.3) is 0 Å². The Labute approximate surface area is 87.6 Å². The van der Waals surface area contributed by atoms with Crippen LogP contribution in [-0.4, -0.2) is 23.0 Å². The minimum Gasteiger partial charge on any atom is -0.343 e. The number of aromatic amines is 1. The van der Waals surface area contributed by atoms with Gasteiger partial charge in [-0.05, 0) is 38.1 Å². The van der Waals surface area contributed by atoms with Crippen molar-refractivity contribution < 1.29 is 0 Å². The highest BCUT2D eigenvalue weighted by atomic mass is 32.1. The van der Waals surface area contributed by atoms with Crippen molar-refractivity contribution in [2.75, 3.05) is 13.1 Å². The fourth-order valence-electron chi connectivity index (χ4n) is 1.73. The van der Waals surface area contributed by atoms with Crippen LogP contribution in [-0.2, 0) is 6.54 Å². The third-order valence-electron chi connectivity index (χ3n) is 2.40. The van der Waals surface area contributed by atoms with Gasteiger partial charge in [-0.3, -0.25) is 4.90 Å². The topological polar surface area (TPSA) is 19.0 Å². The van der Waals surface area contributed by atoms with Crippen LogP contribution in [0.1, 0.15) is 24.1 Å². The molecule has 2 rings (SSSR count). The lowest BCUT2D eigenvalue weighted by Gasteiger charge is -2.25. The molecule has 0 radical (unpaired) electrons. The number of hydrogen-bond donors (Lipinski definition) is 1. The molecule has 1 N–H and O–H groups in total. The Morgan fingerprint density at radius 3 is 2.77 bits per heavy atom. The Morgan fingerprint density at radius 1 is 1.38 bits per heavy atom. The molecule has 1 fully saturated rings. The molecule has 13 heavy (non-hydrogen) atoms. The molecule has 72 valence electrons. The number of nitrogens with zero attached hydrogens (tertiary/aromatic N) is 1. The molecule has 0 unspecified atom stereocenters. The molecule has 0 amide bonds. The Morgan fingerprint density at radius 2 is 2.15 bits per heavy atom. The van der Waals surface area contributed by atoms with E-state index in [1.807, 2.05) is 6.20 Å². The standard InChI is InChI=1S/C9H14N2S2/c12-9-10-6-8(13-9)7-11-4-2-1-3-5-11/h6H,1-5,7H2,(H,10,12). The van der Waals surface area contributed by atoms with Crippen LogP contribution in [0.4, 0.5) is 0 Å². The summed E-state index contributed by atoms with van der Waals surface area (Å²) in [6.45, 7) is 3.59. The van der Waals surface area contributed by atoms with E-state index in [0.29, 0.717) is 0 Å². The summed E-state index contributed by atoms with van der Waals surface area (Å²) in [4.78, 5) is 6.94. The van der Waals surface area contributed by atoms with Gasteiger partial charge in [-0.1, -0.05) is 6.42 Å². The minimum absolute atomic E-state index is 0.895. The van der Waals surface area contributed by atoms with Gasteiger partial charge in [-0.15, -0.1) is 11.3 Å². The van der Waals surface area contributed by atoms with E-state index in [1.54, 1.807) is 11.3 Å². The SMILES string of the molecule is S=c1[nH]cc(CN2CCCCC2)s1. The van der Waals surface area contributed by atoms with Gasteiger partial charge in [0.2, 0.25) is 0 Å². The number of rotatable bonds is 2. The first-order chi connectivity index (χ1) is 6.34. The average molecular weight is 214 g/mol. The molecular weight excluding hydrogens is 200 g/mol. The van der Waals surface area contributed by atoms with Gasteiger partial charge < -0.3 is 4.98 Å². The van der Waals surface area contributed by atoms with Gasteiger partial charge in [0.15, 0.2) is 3.95 Å². The summed E-state index contributed by atoms with van der Waals surface area (Å²) in [7, 11) is 0. The third-order valence-corrected chi connectivity index (χ3v) is 3.58. The minimum atomic E-state index is 0.895. The van der Waals surface area contributed by atoms with Crippen LogP contribution in [0.25, 0.3) is 0 Å². The van der Waals surface area contributed by atoms with Crippen molar-refractivity contribution in [3.8, 4) is 0 Å². The second kappa shape index (κ2) is 4.35. The number of H-pyrrole nitrogens is 1. The van der Waals surface area contributed by atoms with Crippen LogP contribution >= 0.6 is 23.6 Å². The van der Waals surface area contributed by atoms with E-state index in [0.717, 1.165) is 10.5 Å². The molecular formula is C9H14N2S2. The van der Waals surface area contributed by atoms with Gasteiger partial charge in [-0.25, -0.2) is 0 Å². The summed E-state index contributed by atoms with van der Waals surface area (Å²) in [6.07, 6.45) is 6.16. The molecule has 0 aromatic carbocycles. The first kappa shape index (κ1) is 9.37. The van der Waals surface area contributed by atoms with Crippen LogP contribution in [0, 0.1) is 3.95 Å². The Balaban J connectivity index is 1.93. The lowest BCUT2D eigenvalue weighted by molar-refractivity contribution is 0.222. The van der Waals surface area contributed by atoms with Crippen molar-refractivity contribution >= 4 is 23.6 Å². The normalized spacial score (nSPS) is 19.1. The monoisotopic (exact) mass is 214 g/mol. The highest BCUT2D eigenvalue weighted by Gasteiger charge is 2.10. The zero-order chi connectivity index (χ0) is 9.10. The number of hydrogen-bond acceptors (Lipinski definition) is 3. The van der Waals surface area contributed by atoms with Crippen molar-refractivity contribution in [2.45, 2.75) is 25.8 Å². The molecule has 4 heteroatoms. The van der Waals surface area contributed by atoms with Crippen LogP contribution in [0.3, 0.4) is 0 Å². The van der Waals surface area contributed by atoms with Crippen molar-refractivity contribution in [2.24, 2.45) is 0 Å². The first-order valence-corrected chi connectivity index (χ1v) is 5.97. The molecule has 0 atom stereocenters. The highest BCUT2D eigenvalue weighted by molar-refractivity contribution is 7.73. The van der Waals surface area contributed by atoms with Crippen molar-refractivity contribution in [1.82, 2.24) is 9.88 Å². The maximum atomic E-state index is 5.05. The average Bonchev–Trinajstić information content (AvgIpc) is 2.53. The van der Waals surface area contributed by atoms with Crippen molar-refractivity contribution in [3.05, 3.63) is 15.0 Å². The van der Waals surface area contributed by atoms with Gasteiger partial charge >= 0.3 is 0 Å². The highest BCUT2D eigenvalue weighted by Crippen LogP contribution is 2.15. The summed E-state index contributed by atoms with van der Waals surface area (Å²) in [5, 5.41) is 0. The molecule has 0 aliphatic carbocycles. The lowest BCUT2D eigenvalue weighted by atomic mass is 10.1.